The van der Waals surface area contributed by atoms with Crippen LogP contribution in [0.1, 0.15) is 23.1 Å². The van der Waals surface area contributed by atoms with Gasteiger partial charge in [0.2, 0.25) is 6.79 Å². The van der Waals surface area contributed by atoms with Crippen molar-refractivity contribution in [3.05, 3.63) is 22.8 Å². The number of benzene rings is 1. The van der Waals surface area contributed by atoms with Crippen LogP contribution in [0.3, 0.4) is 0 Å². The van der Waals surface area contributed by atoms with E-state index >= 15 is 0 Å². The predicted molar refractivity (Wildman–Crippen MR) is 58.0 cm³/mol. The second kappa shape index (κ2) is 4.04. The minimum absolute atomic E-state index is 0.111. The number of fused-ring (bicyclic) bond motifs is 1. The van der Waals surface area contributed by atoms with E-state index in [1.807, 2.05) is 19.9 Å². The lowest BCUT2D eigenvalue weighted by molar-refractivity contribution is -0.136. The van der Waals surface area contributed by atoms with Gasteiger partial charge >= 0.3 is 5.97 Å². The summed E-state index contributed by atoms with van der Waals surface area (Å²) < 4.78 is 10.7. The highest BCUT2D eigenvalue weighted by Gasteiger charge is 2.21. The summed E-state index contributed by atoms with van der Waals surface area (Å²) >= 11 is 0. The highest BCUT2D eigenvalue weighted by molar-refractivity contribution is 5.68. The van der Waals surface area contributed by atoms with E-state index in [-0.39, 0.29) is 13.2 Å². The van der Waals surface area contributed by atoms with E-state index in [1.54, 1.807) is 0 Å². The Hall–Kier alpha value is -1.71. The Bertz CT molecular complexity index is 437. The van der Waals surface area contributed by atoms with Crippen LogP contribution in [0.5, 0.6) is 11.5 Å². The summed E-state index contributed by atoms with van der Waals surface area (Å²) in [5, 5.41) is 8.71. The van der Waals surface area contributed by atoms with Crippen LogP contribution in [-0.4, -0.2) is 17.9 Å². The Morgan fingerprint density at radius 3 is 2.88 bits per heavy atom. The molecule has 4 heteroatoms. The van der Waals surface area contributed by atoms with Gasteiger partial charge in [-0.05, 0) is 37.5 Å². The van der Waals surface area contributed by atoms with Gasteiger partial charge in [0.15, 0.2) is 11.5 Å². The average molecular weight is 222 g/mol. The lowest BCUT2D eigenvalue weighted by atomic mass is 9.98. The maximum Gasteiger partial charge on any atom is 0.303 e. The molecule has 0 saturated heterocycles. The topological polar surface area (TPSA) is 55.8 Å². The van der Waals surface area contributed by atoms with Gasteiger partial charge in [0.25, 0.3) is 0 Å². The largest absolute Gasteiger partial charge is 0.481 e. The summed E-state index contributed by atoms with van der Waals surface area (Å²) in [6.45, 7) is 4.19. The van der Waals surface area contributed by atoms with Crippen molar-refractivity contribution in [3.63, 3.8) is 0 Å². The maximum atomic E-state index is 10.6. The zero-order valence-corrected chi connectivity index (χ0v) is 9.37. The SMILES string of the molecule is Cc1cc2c(c(CCC(=O)O)c1C)OCO2. The van der Waals surface area contributed by atoms with Crippen molar-refractivity contribution in [2.75, 3.05) is 6.79 Å². The minimum atomic E-state index is -0.798. The van der Waals surface area contributed by atoms with Crippen LogP contribution in [0.15, 0.2) is 6.07 Å². The van der Waals surface area contributed by atoms with E-state index in [1.165, 1.54) is 0 Å². The zero-order chi connectivity index (χ0) is 11.7. The fourth-order valence-electron chi connectivity index (χ4n) is 1.88. The first kappa shape index (κ1) is 10.8. The Balaban J connectivity index is 2.38. The molecular weight excluding hydrogens is 208 g/mol. The molecule has 1 aromatic rings. The number of aryl methyl sites for hydroxylation is 1. The van der Waals surface area contributed by atoms with Crippen molar-refractivity contribution in [1.29, 1.82) is 0 Å². The van der Waals surface area contributed by atoms with E-state index in [0.717, 1.165) is 22.4 Å². The zero-order valence-electron chi connectivity index (χ0n) is 9.37. The molecule has 0 amide bonds. The maximum absolute atomic E-state index is 10.6. The molecule has 16 heavy (non-hydrogen) atoms. The fourth-order valence-corrected chi connectivity index (χ4v) is 1.88. The number of carboxylic acid groups (broad SMARTS) is 1. The summed E-state index contributed by atoms with van der Waals surface area (Å²) in [7, 11) is 0. The van der Waals surface area contributed by atoms with Crippen LogP contribution in [0, 0.1) is 13.8 Å². The molecule has 2 rings (SSSR count). The third-order valence-electron chi connectivity index (χ3n) is 2.90. The lowest BCUT2D eigenvalue weighted by Crippen LogP contribution is -2.01. The first-order valence-corrected chi connectivity index (χ1v) is 5.20. The number of carboxylic acids is 1. The van der Waals surface area contributed by atoms with Gasteiger partial charge in [-0.15, -0.1) is 0 Å². The molecule has 0 spiro atoms. The van der Waals surface area contributed by atoms with Crippen LogP contribution < -0.4 is 9.47 Å². The van der Waals surface area contributed by atoms with Crippen molar-refractivity contribution < 1.29 is 19.4 Å². The molecule has 0 radical (unpaired) electrons. The molecular formula is C12H14O4. The first-order chi connectivity index (χ1) is 7.59. The standard InChI is InChI=1S/C12H14O4/c1-7-5-10-12(16-6-15-10)9(8(7)2)3-4-11(13)14/h5H,3-4,6H2,1-2H3,(H,13,14). The fraction of sp³-hybridized carbons (Fsp3) is 0.417. The van der Waals surface area contributed by atoms with Crippen LogP contribution >= 0.6 is 0 Å². The molecule has 0 bridgehead atoms. The number of hydrogen-bond acceptors (Lipinski definition) is 3. The molecule has 1 N–H and O–H groups in total. The number of hydrogen-bond donors (Lipinski definition) is 1. The number of carbonyl (C=O) groups is 1. The Morgan fingerprint density at radius 2 is 2.19 bits per heavy atom. The third kappa shape index (κ3) is 1.83. The van der Waals surface area contributed by atoms with Gasteiger partial charge in [0, 0.05) is 12.0 Å². The van der Waals surface area contributed by atoms with Gasteiger partial charge in [-0.1, -0.05) is 0 Å². The van der Waals surface area contributed by atoms with E-state index in [9.17, 15) is 4.79 Å². The van der Waals surface area contributed by atoms with Gasteiger partial charge < -0.3 is 14.6 Å². The quantitative estimate of drug-likeness (QED) is 0.850. The highest BCUT2D eigenvalue weighted by atomic mass is 16.7. The molecule has 0 fully saturated rings. The van der Waals surface area contributed by atoms with Crippen LogP contribution in [0.25, 0.3) is 0 Å². The summed E-state index contributed by atoms with van der Waals surface area (Å²) in [4.78, 5) is 10.6. The molecule has 0 aromatic heterocycles. The summed E-state index contributed by atoms with van der Waals surface area (Å²) in [6.07, 6.45) is 0.592. The van der Waals surface area contributed by atoms with Gasteiger partial charge in [-0.25, -0.2) is 0 Å². The van der Waals surface area contributed by atoms with Crippen molar-refractivity contribution in [2.45, 2.75) is 26.7 Å². The molecule has 0 atom stereocenters. The number of ether oxygens (including phenoxy) is 2. The molecule has 0 unspecified atom stereocenters. The first-order valence-electron chi connectivity index (χ1n) is 5.20. The van der Waals surface area contributed by atoms with E-state index in [4.69, 9.17) is 14.6 Å². The van der Waals surface area contributed by atoms with E-state index in [0.29, 0.717) is 12.2 Å². The Morgan fingerprint density at radius 1 is 1.44 bits per heavy atom. The third-order valence-corrected chi connectivity index (χ3v) is 2.90. The lowest BCUT2D eigenvalue weighted by Gasteiger charge is -2.11. The van der Waals surface area contributed by atoms with Crippen LogP contribution in [0.2, 0.25) is 0 Å². The van der Waals surface area contributed by atoms with Crippen molar-refractivity contribution >= 4 is 5.97 Å². The van der Waals surface area contributed by atoms with Gasteiger partial charge in [0.1, 0.15) is 0 Å². The van der Waals surface area contributed by atoms with E-state index in [2.05, 4.69) is 0 Å². The van der Waals surface area contributed by atoms with Crippen LogP contribution in [-0.2, 0) is 11.2 Å². The Kier molecular flexibility index (Phi) is 2.73. The molecule has 0 saturated carbocycles. The average Bonchev–Trinajstić information content (AvgIpc) is 2.65. The minimum Gasteiger partial charge on any atom is -0.481 e. The number of rotatable bonds is 3. The van der Waals surface area contributed by atoms with Crippen molar-refractivity contribution in [1.82, 2.24) is 0 Å². The van der Waals surface area contributed by atoms with Crippen molar-refractivity contribution in [2.24, 2.45) is 0 Å². The molecule has 86 valence electrons. The summed E-state index contributed by atoms with van der Waals surface area (Å²) in [6, 6.07) is 1.93. The monoisotopic (exact) mass is 222 g/mol. The molecule has 1 aliphatic heterocycles. The summed E-state index contributed by atoms with van der Waals surface area (Å²) in [5.74, 6) is 0.640. The molecule has 1 aromatic carbocycles. The second-order valence-corrected chi connectivity index (χ2v) is 3.92. The normalized spacial score (nSPS) is 12.9. The van der Waals surface area contributed by atoms with Gasteiger partial charge in [-0.2, -0.15) is 0 Å². The number of aliphatic carboxylic acids is 1. The molecule has 1 aliphatic rings. The van der Waals surface area contributed by atoms with Crippen molar-refractivity contribution in [3.8, 4) is 11.5 Å². The Labute approximate surface area is 93.8 Å². The predicted octanol–water partition coefficient (Wildman–Crippen LogP) is 2.05. The highest BCUT2D eigenvalue weighted by Crippen LogP contribution is 2.39. The molecule has 1 heterocycles. The summed E-state index contributed by atoms with van der Waals surface area (Å²) in [5.41, 5.74) is 3.14. The van der Waals surface area contributed by atoms with Gasteiger partial charge in [0.05, 0.1) is 0 Å². The smallest absolute Gasteiger partial charge is 0.303 e. The molecule has 4 nitrogen and oxygen atoms in total. The van der Waals surface area contributed by atoms with Gasteiger partial charge in [-0.3, -0.25) is 4.79 Å². The molecule has 0 aliphatic carbocycles. The van der Waals surface area contributed by atoms with Crippen LogP contribution in [0.4, 0.5) is 0 Å². The second-order valence-electron chi connectivity index (χ2n) is 3.92. The van der Waals surface area contributed by atoms with E-state index < -0.39 is 5.97 Å².